The molecule has 138 valence electrons. The lowest BCUT2D eigenvalue weighted by atomic mass is 9.97. The molecule has 0 aromatic rings. The highest BCUT2D eigenvalue weighted by atomic mass is 35.5. The van der Waals surface area contributed by atoms with Crippen LogP contribution >= 0.6 is 11.6 Å². The van der Waals surface area contributed by atoms with E-state index in [2.05, 4.69) is 11.6 Å². The molecule has 13 heteroatoms. The van der Waals surface area contributed by atoms with Crippen molar-refractivity contribution in [1.82, 2.24) is 5.32 Å². The predicted molar refractivity (Wildman–Crippen MR) is 58.5 cm³/mol. The number of amides is 1. The summed E-state index contributed by atoms with van der Waals surface area (Å²) in [6, 6.07) is -1.20. The van der Waals surface area contributed by atoms with Crippen LogP contribution in [0.3, 0.4) is 0 Å². The summed E-state index contributed by atoms with van der Waals surface area (Å²) < 4.78 is 129. The first-order chi connectivity index (χ1) is 9.88. The lowest BCUT2D eigenvalue weighted by molar-refractivity contribution is -0.382. The molecule has 0 aliphatic heterocycles. The van der Waals surface area contributed by atoms with Gasteiger partial charge in [-0.15, -0.1) is 0 Å². The highest BCUT2D eigenvalue weighted by molar-refractivity contribution is 6.22. The Labute approximate surface area is 128 Å². The van der Waals surface area contributed by atoms with Gasteiger partial charge in [0.2, 0.25) is 0 Å². The van der Waals surface area contributed by atoms with E-state index in [9.17, 15) is 48.7 Å². The van der Waals surface area contributed by atoms with Crippen molar-refractivity contribution >= 4 is 17.5 Å². The lowest BCUT2D eigenvalue weighted by Crippen LogP contribution is -2.69. The zero-order chi connectivity index (χ0) is 19.1. The minimum Gasteiger partial charge on any atom is -0.348 e. The summed E-state index contributed by atoms with van der Waals surface area (Å²) in [6.45, 7) is 2.31. The third kappa shape index (κ3) is 3.45. The first-order valence-electron chi connectivity index (χ1n) is 5.76. The smallest absolute Gasteiger partial charge is 0.348 e. The second kappa shape index (κ2) is 6.17. The van der Waals surface area contributed by atoms with E-state index in [-0.39, 0.29) is 6.42 Å². The minimum absolute atomic E-state index is 0.0975. The lowest BCUT2D eigenvalue weighted by Gasteiger charge is -2.37. The van der Waals surface area contributed by atoms with Gasteiger partial charge in [-0.3, -0.25) is 4.79 Å². The summed E-state index contributed by atoms with van der Waals surface area (Å²) in [5.74, 6) is -31.0. The molecule has 0 fully saturated rings. The predicted octanol–water partition coefficient (Wildman–Crippen LogP) is 4.27. The molecule has 1 unspecified atom stereocenters. The molecule has 0 saturated heterocycles. The van der Waals surface area contributed by atoms with Gasteiger partial charge in [0.05, 0.1) is 0 Å². The quantitative estimate of drug-likeness (QED) is 0.514. The number of hydrogen-bond acceptors (Lipinski definition) is 1. The van der Waals surface area contributed by atoms with E-state index in [1.54, 1.807) is 0 Å². The zero-order valence-electron chi connectivity index (χ0n) is 11.4. The molecule has 1 atom stereocenters. The number of rotatable bonds is 7. The maximum Gasteiger partial charge on any atom is 0.393 e. The summed E-state index contributed by atoms with van der Waals surface area (Å²) in [6.07, 6.45) is -0.0975. The van der Waals surface area contributed by atoms with Crippen LogP contribution in [0.4, 0.5) is 43.9 Å². The van der Waals surface area contributed by atoms with Gasteiger partial charge >= 0.3 is 29.1 Å². The molecule has 0 radical (unpaired) electrons. The van der Waals surface area contributed by atoms with E-state index < -0.39 is 41.0 Å². The molecule has 0 bridgehead atoms. The first kappa shape index (κ1) is 22.1. The maximum atomic E-state index is 13.2. The van der Waals surface area contributed by atoms with E-state index in [0.717, 1.165) is 6.92 Å². The number of halogens is 11. The monoisotopic (exact) mass is 385 g/mol. The van der Waals surface area contributed by atoms with Crippen molar-refractivity contribution in [2.24, 2.45) is 0 Å². The van der Waals surface area contributed by atoms with Crippen molar-refractivity contribution in [2.45, 2.75) is 55.4 Å². The molecule has 0 aromatic heterocycles. The second-order valence-corrected chi connectivity index (χ2v) is 5.05. The molecule has 0 saturated carbocycles. The number of carbonyl (C=O) groups excluding carboxylic acids is 1. The minimum atomic E-state index is -7.33. The Balaban J connectivity index is 5.89. The standard InChI is InChI=1S/C10H10ClF10NO/c1-3-4(2)22-5(23)6(12,13)7(14,15)8(16,17)9(18,19)10(11,20)21/h4H,3H2,1-2H3,(H,22,23). The summed E-state index contributed by atoms with van der Waals surface area (Å²) in [4.78, 5) is 11.0. The molecule has 0 aromatic carbocycles. The summed E-state index contributed by atoms with van der Waals surface area (Å²) >= 11 is 3.61. The van der Waals surface area contributed by atoms with Gasteiger partial charge < -0.3 is 5.32 Å². The molecule has 2 nitrogen and oxygen atoms in total. The average Bonchev–Trinajstić information content (AvgIpc) is 2.36. The largest absolute Gasteiger partial charge is 0.393 e. The molecule has 0 aliphatic carbocycles. The van der Waals surface area contributed by atoms with Gasteiger partial charge in [0.25, 0.3) is 5.91 Å². The molecule has 0 spiro atoms. The first-order valence-corrected chi connectivity index (χ1v) is 6.14. The molecule has 0 rings (SSSR count). The van der Waals surface area contributed by atoms with Crippen LogP contribution in [0.15, 0.2) is 0 Å². The number of carbonyl (C=O) groups is 1. The highest BCUT2D eigenvalue weighted by Crippen LogP contribution is 2.57. The van der Waals surface area contributed by atoms with Crippen molar-refractivity contribution in [2.75, 3.05) is 0 Å². The number of hydrogen-bond donors (Lipinski definition) is 1. The summed E-state index contributed by atoms with van der Waals surface area (Å²) in [5, 5.41) is -5.10. The van der Waals surface area contributed by atoms with E-state index in [4.69, 9.17) is 0 Å². The summed E-state index contributed by atoms with van der Waals surface area (Å²) in [7, 11) is 0. The van der Waals surface area contributed by atoms with Gasteiger partial charge in [-0.05, 0) is 24.9 Å². The Morgan fingerprint density at radius 2 is 1.30 bits per heavy atom. The van der Waals surface area contributed by atoms with Crippen molar-refractivity contribution < 1.29 is 48.7 Å². The molecule has 0 heterocycles. The van der Waals surface area contributed by atoms with Crippen molar-refractivity contribution in [1.29, 1.82) is 0 Å². The van der Waals surface area contributed by atoms with E-state index in [1.807, 2.05) is 0 Å². The van der Waals surface area contributed by atoms with E-state index >= 15 is 0 Å². The number of alkyl halides is 11. The fourth-order valence-electron chi connectivity index (χ4n) is 1.13. The Morgan fingerprint density at radius 3 is 1.61 bits per heavy atom. The van der Waals surface area contributed by atoms with E-state index in [0.29, 0.717) is 0 Å². The van der Waals surface area contributed by atoms with Gasteiger partial charge in [-0.25, -0.2) is 0 Å². The number of nitrogens with one attached hydrogen (secondary N) is 1. The normalized spacial score (nSPS) is 16.2. The Hall–Kier alpha value is -0.940. The van der Waals surface area contributed by atoms with Crippen molar-refractivity contribution in [3.05, 3.63) is 0 Å². The van der Waals surface area contributed by atoms with Gasteiger partial charge in [-0.2, -0.15) is 43.9 Å². The van der Waals surface area contributed by atoms with Crippen LogP contribution in [0, 0.1) is 0 Å². The molecular weight excluding hydrogens is 376 g/mol. The zero-order valence-corrected chi connectivity index (χ0v) is 12.1. The second-order valence-electron chi connectivity index (χ2n) is 4.58. The summed E-state index contributed by atoms with van der Waals surface area (Å²) in [5.41, 5.74) is 0. The fourth-order valence-corrected chi connectivity index (χ4v) is 1.25. The van der Waals surface area contributed by atoms with Crippen LogP contribution in [0.2, 0.25) is 0 Å². The van der Waals surface area contributed by atoms with E-state index in [1.165, 1.54) is 12.2 Å². The molecule has 1 amide bonds. The van der Waals surface area contributed by atoms with Crippen LogP contribution in [0.1, 0.15) is 20.3 Å². The third-order valence-corrected chi connectivity index (χ3v) is 3.05. The van der Waals surface area contributed by atoms with Crippen LogP contribution in [0.5, 0.6) is 0 Å². The van der Waals surface area contributed by atoms with Crippen LogP contribution in [0.25, 0.3) is 0 Å². The van der Waals surface area contributed by atoms with Crippen LogP contribution < -0.4 is 5.32 Å². The molecule has 23 heavy (non-hydrogen) atoms. The van der Waals surface area contributed by atoms with Gasteiger partial charge in [-0.1, -0.05) is 6.92 Å². The SMILES string of the molecule is CCC(C)NC(=O)C(F)(F)C(F)(F)C(F)(F)C(F)(F)C(F)(F)Cl. The van der Waals surface area contributed by atoms with Gasteiger partial charge in [0.15, 0.2) is 0 Å². The topological polar surface area (TPSA) is 29.1 Å². The van der Waals surface area contributed by atoms with Crippen LogP contribution in [-0.4, -0.2) is 41.0 Å². The highest BCUT2D eigenvalue weighted by Gasteiger charge is 2.87. The van der Waals surface area contributed by atoms with Gasteiger partial charge in [0.1, 0.15) is 0 Å². The Morgan fingerprint density at radius 1 is 0.913 bits per heavy atom. The Kier molecular flexibility index (Phi) is 5.92. The van der Waals surface area contributed by atoms with Crippen molar-refractivity contribution in [3.8, 4) is 0 Å². The van der Waals surface area contributed by atoms with Gasteiger partial charge in [0, 0.05) is 6.04 Å². The Bertz CT molecular complexity index is 447. The van der Waals surface area contributed by atoms with Crippen molar-refractivity contribution in [3.63, 3.8) is 0 Å². The van der Waals surface area contributed by atoms with Crippen LogP contribution in [-0.2, 0) is 4.79 Å². The maximum absolute atomic E-state index is 13.2. The average molecular weight is 386 g/mol. The molecular formula is C10H10ClF10NO. The fraction of sp³-hybridized carbons (Fsp3) is 0.900. The third-order valence-electron chi connectivity index (χ3n) is 2.81. The molecule has 0 aliphatic rings. The molecule has 1 N–H and O–H groups in total.